The minimum atomic E-state index is -0.324. The monoisotopic (exact) mass is 254 g/mol. The van der Waals surface area contributed by atoms with Crippen LogP contribution in [0.3, 0.4) is 0 Å². The van der Waals surface area contributed by atoms with Crippen LogP contribution in [-0.4, -0.2) is 19.6 Å². The fourth-order valence-corrected chi connectivity index (χ4v) is 1.72. The summed E-state index contributed by atoms with van der Waals surface area (Å²) in [4.78, 5) is 11.3. The lowest BCUT2D eigenvalue weighted by Gasteiger charge is -2.01. The van der Waals surface area contributed by atoms with Gasteiger partial charge in [0.05, 0.1) is 5.69 Å². The van der Waals surface area contributed by atoms with Gasteiger partial charge in [0.25, 0.3) is 0 Å². The first-order valence-corrected chi connectivity index (χ1v) is 5.34. The van der Waals surface area contributed by atoms with Crippen molar-refractivity contribution in [2.75, 3.05) is 5.73 Å². The van der Waals surface area contributed by atoms with Crippen molar-refractivity contribution in [2.45, 2.75) is 0 Å². The highest BCUT2D eigenvalue weighted by molar-refractivity contribution is 5.65. The van der Waals surface area contributed by atoms with E-state index in [2.05, 4.69) is 19.9 Å². The van der Waals surface area contributed by atoms with Crippen molar-refractivity contribution in [1.29, 1.82) is 0 Å². The van der Waals surface area contributed by atoms with E-state index < -0.39 is 0 Å². The summed E-state index contributed by atoms with van der Waals surface area (Å²) in [7, 11) is 0. The van der Waals surface area contributed by atoms with E-state index in [9.17, 15) is 4.39 Å². The molecule has 3 aromatic rings. The van der Waals surface area contributed by atoms with E-state index in [0.29, 0.717) is 16.9 Å². The molecule has 0 spiro atoms. The Balaban J connectivity index is 2.20. The standard InChI is InChI=1S/C12H7FN6/c1-15-12-17-10-6-9(16-11(14)19(10)18-12)7-2-4-8(13)5-3-7/h2-6H,(H2,14,16). The first kappa shape index (κ1) is 11.1. The van der Waals surface area contributed by atoms with E-state index in [1.807, 2.05) is 0 Å². The predicted molar refractivity (Wildman–Crippen MR) is 66.9 cm³/mol. The molecule has 0 aliphatic heterocycles. The molecule has 0 bridgehead atoms. The second kappa shape index (κ2) is 4.03. The number of nitrogens with zero attached hydrogens (tertiary/aromatic N) is 5. The summed E-state index contributed by atoms with van der Waals surface area (Å²) in [6.45, 7) is 6.87. The highest BCUT2D eigenvalue weighted by Gasteiger charge is 2.12. The summed E-state index contributed by atoms with van der Waals surface area (Å²) >= 11 is 0. The smallest absolute Gasteiger partial charge is 0.393 e. The van der Waals surface area contributed by atoms with E-state index in [1.54, 1.807) is 18.2 Å². The molecule has 0 aliphatic rings. The molecule has 0 amide bonds. The molecule has 92 valence electrons. The zero-order valence-electron chi connectivity index (χ0n) is 9.58. The van der Waals surface area contributed by atoms with Crippen LogP contribution in [0.25, 0.3) is 21.7 Å². The van der Waals surface area contributed by atoms with Gasteiger partial charge in [-0.05, 0) is 29.4 Å². The zero-order chi connectivity index (χ0) is 13.4. The van der Waals surface area contributed by atoms with Gasteiger partial charge in [-0.2, -0.15) is 0 Å². The van der Waals surface area contributed by atoms with Gasteiger partial charge in [-0.25, -0.2) is 9.37 Å². The predicted octanol–water partition coefficient (Wildman–Crippen LogP) is 2.06. The molecule has 1 aromatic carbocycles. The van der Waals surface area contributed by atoms with Gasteiger partial charge in [-0.3, -0.25) is 0 Å². The third-order valence-electron chi connectivity index (χ3n) is 2.58. The van der Waals surface area contributed by atoms with Gasteiger partial charge in [-0.15, -0.1) is 16.1 Å². The lowest BCUT2D eigenvalue weighted by Crippen LogP contribution is -2.02. The normalized spacial score (nSPS) is 10.5. The summed E-state index contributed by atoms with van der Waals surface area (Å²) in [5, 5.41) is 3.88. The summed E-state index contributed by atoms with van der Waals surface area (Å²) in [5.74, 6) is -0.195. The molecule has 6 nitrogen and oxygen atoms in total. The molecular weight excluding hydrogens is 247 g/mol. The first-order chi connectivity index (χ1) is 9.17. The van der Waals surface area contributed by atoms with Crippen LogP contribution in [0, 0.1) is 12.4 Å². The van der Waals surface area contributed by atoms with Gasteiger partial charge in [-0.1, -0.05) is 0 Å². The van der Waals surface area contributed by atoms with E-state index in [-0.39, 0.29) is 17.7 Å². The van der Waals surface area contributed by atoms with Crippen molar-refractivity contribution >= 4 is 17.5 Å². The molecule has 0 unspecified atom stereocenters. The van der Waals surface area contributed by atoms with Crippen molar-refractivity contribution in [3.8, 4) is 11.3 Å². The molecule has 2 heterocycles. The lowest BCUT2D eigenvalue weighted by molar-refractivity contribution is 0.628. The summed E-state index contributed by atoms with van der Waals surface area (Å²) in [5.41, 5.74) is 7.45. The number of fused-ring (bicyclic) bond motifs is 1. The lowest BCUT2D eigenvalue weighted by atomic mass is 10.1. The van der Waals surface area contributed by atoms with Gasteiger partial charge >= 0.3 is 5.95 Å². The number of nitrogens with two attached hydrogens (primary N) is 1. The fraction of sp³-hybridized carbons (Fsp3) is 0. The highest BCUT2D eigenvalue weighted by Crippen LogP contribution is 2.21. The third-order valence-corrected chi connectivity index (χ3v) is 2.58. The van der Waals surface area contributed by atoms with Gasteiger partial charge in [0.1, 0.15) is 5.82 Å². The Morgan fingerprint density at radius 2 is 1.95 bits per heavy atom. The molecule has 0 radical (unpaired) electrons. The fourth-order valence-electron chi connectivity index (χ4n) is 1.72. The molecule has 2 aromatic heterocycles. The number of rotatable bonds is 1. The number of halogens is 1. The van der Waals surface area contributed by atoms with Gasteiger partial charge < -0.3 is 10.6 Å². The van der Waals surface area contributed by atoms with Crippen LogP contribution in [0.5, 0.6) is 0 Å². The van der Waals surface area contributed by atoms with Gasteiger partial charge in [0.2, 0.25) is 11.6 Å². The van der Waals surface area contributed by atoms with Crippen molar-refractivity contribution in [1.82, 2.24) is 19.6 Å². The second-order valence-electron chi connectivity index (χ2n) is 3.80. The Morgan fingerprint density at radius 3 is 2.63 bits per heavy atom. The van der Waals surface area contributed by atoms with Gasteiger partial charge in [0, 0.05) is 11.6 Å². The van der Waals surface area contributed by atoms with Crippen LogP contribution >= 0.6 is 0 Å². The van der Waals surface area contributed by atoms with Crippen molar-refractivity contribution in [3.05, 3.63) is 47.6 Å². The highest BCUT2D eigenvalue weighted by atomic mass is 19.1. The van der Waals surface area contributed by atoms with Crippen LogP contribution in [0.15, 0.2) is 30.3 Å². The SMILES string of the molecule is [C-]#[N+]c1nc2cc(-c3ccc(F)cc3)nc(N)n2n1. The average Bonchev–Trinajstić information content (AvgIpc) is 2.83. The third kappa shape index (κ3) is 1.85. The minimum Gasteiger partial charge on any atom is -0.393 e. The molecule has 2 N–H and O–H groups in total. The first-order valence-electron chi connectivity index (χ1n) is 5.34. The quantitative estimate of drug-likeness (QED) is 0.674. The topological polar surface area (TPSA) is 73.5 Å². The van der Waals surface area contributed by atoms with E-state index >= 15 is 0 Å². The number of benzene rings is 1. The molecule has 3 rings (SSSR count). The number of hydrogen-bond donors (Lipinski definition) is 1. The van der Waals surface area contributed by atoms with Crippen LogP contribution < -0.4 is 5.73 Å². The van der Waals surface area contributed by atoms with Crippen molar-refractivity contribution in [3.63, 3.8) is 0 Å². The van der Waals surface area contributed by atoms with Gasteiger partial charge in [0.15, 0.2) is 0 Å². The number of nitrogen functional groups attached to an aromatic ring is 1. The van der Waals surface area contributed by atoms with Crippen LogP contribution in [0.1, 0.15) is 0 Å². The van der Waals surface area contributed by atoms with E-state index in [0.717, 1.165) is 0 Å². The average molecular weight is 254 g/mol. The van der Waals surface area contributed by atoms with Crippen LogP contribution in [0.4, 0.5) is 16.3 Å². The number of aromatic nitrogens is 4. The maximum atomic E-state index is 12.9. The minimum absolute atomic E-state index is 0.00440. The zero-order valence-corrected chi connectivity index (χ0v) is 9.58. The molecule has 0 fully saturated rings. The Morgan fingerprint density at radius 1 is 1.21 bits per heavy atom. The number of anilines is 1. The summed E-state index contributed by atoms with van der Waals surface area (Å²) < 4.78 is 14.2. The largest absolute Gasteiger partial charge is 0.394 e. The maximum Gasteiger partial charge on any atom is 0.394 e. The number of hydrogen-bond acceptors (Lipinski definition) is 4. The van der Waals surface area contributed by atoms with Crippen molar-refractivity contribution < 1.29 is 4.39 Å². The van der Waals surface area contributed by atoms with E-state index in [4.69, 9.17) is 12.3 Å². The Kier molecular flexibility index (Phi) is 2.35. The molecule has 0 aliphatic carbocycles. The Labute approximate surface area is 107 Å². The van der Waals surface area contributed by atoms with Crippen LogP contribution in [0.2, 0.25) is 0 Å². The Hall–Kier alpha value is -3.01. The second-order valence-corrected chi connectivity index (χ2v) is 3.80. The molecular formula is C12H7FN6. The molecule has 0 saturated heterocycles. The summed E-state index contributed by atoms with van der Waals surface area (Å²) in [6.07, 6.45) is 0. The molecule has 19 heavy (non-hydrogen) atoms. The van der Waals surface area contributed by atoms with Crippen molar-refractivity contribution in [2.24, 2.45) is 0 Å². The van der Waals surface area contributed by atoms with Crippen LogP contribution in [-0.2, 0) is 0 Å². The molecule has 0 atom stereocenters. The molecule has 7 heteroatoms. The Bertz CT molecular complexity index is 799. The maximum absolute atomic E-state index is 12.9. The summed E-state index contributed by atoms with van der Waals surface area (Å²) in [6, 6.07) is 7.52. The van der Waals surface area contributed by atoms with E-state index in [1.165, 1.54) is 16.6 Å². The molecule has 0 saturated carbocycles.